The van der Waals surface area contributed by atoms with Gasteiger partial charge in [-0.3, -0.25) is 14.8 Å². The minimum atomic E-state index is -0.173. The molecular formula is C23H19N5O3. The van der Waals surface area contributed by atoms with Gasteiger partial charge >= 0.3 is 0 Å². The Morgan fingerprint density at radius 3 is 2.58 bits per heavy atom. The Bertz CT molecular complexity index is 1450. The van der Waals surface area contributed by atoms with Crippen LogP contribution in [0.25, 0.3) is 33.1 Å². The predicted octanol–water partition coefficient (Wildman–Crippen LogP) is 4.03. The topological polar surface area (TPSA) is 95.9 Å². The molecule has 0 N–H and O–H groups in total. The highest BCUT2D eigenvalue weighted by molar-refractivity contribution is 6.11. The number of hydrogen-bond donors (Lipinski definition) is 0. The third kappa shape index (κ3) is 2.87. The van der Waals surface area contributed by atoms with Crippen molar-refractivity contribution in [3.63, 3.8) is 0 Å². The maximum Gasteiger partial charge on any atom is 0.228 e. The smallest absolute Gasteiger partial charge is 0.228 e. The number of hydrogen-bond acceptors (Lipinski definition) is 7. The molecule has 0 saturated carbocycles. The van der Waals surface area contributed by atoms with E-state index in [1.54, 1.807) is 42.4 Å². The van der Waals surface area contributed by atoms with Gasteiger partial charge in [-0.2, -0.15) is 0 Å². The van der Waals surface area contributed by atoms with Crippen molar-refractivity contribution in [3.8, 4) is 16.9 Å². The molecule has 0 aliphatic rings. The summed E-state index contributed by atoms with van der Waals surface area (Å²) in [7, 11) is 3.45. The molecule has 154 valence electrons. The second kappa shape index (κ2) is 7.02. The molecule has 0 unspecified atom stereocenters. The molecule has 0 aliphatic carbocycles. The average Bonchev–Trinajstić information content (AvgIpc) is 3.31. The van der Waals surface area contributed by atoms with E-state index in [9.17, 15) is 4.79 Å². The van der Waals surface area contributed by atoms with Crippen LogP contribution in [-0.4, -0.2) is 37.6 Å². The van der Waals surface area contributed by atoms with E-state index >= 15 is 0 Å². The summed E-state index contributed by atoms with van der Waals surface area (Å²) in [5.74, 6) is 1.54. The van der Waals surface area contributed by atoms with Crippen molar-refractivity contribution in [3.05, 3.63) is 65.7 Å². The molecule has 0 aliphatic heterocycles. The summed E-state index contributed by atoms with van der Waals surface area (Å²) < 4.78 is 12.8. The second-order valence-corrected chi connectivity index (χ2v) is 7.32. The Morgan fingerprint density at radius 2 is 1.90 bits per heavy atom. The number of aryl methyl sites for hydroxylation is 3. The van der Waals surface area contributed by atoms with Gasteiger partial charge in [0.05, 0.1) is 35.6 Å². The molecule has 31 heavy (non-hydrogen) atoms. The van der Waals surface area contributed by atoms with E-state index in [1.807, 2.05) is 33.0 Å². The van der Waals surface area contributed by atoms with Gasteiger partial charge in [0, 0.05) is 36.0 Å². The van der Waals surface area contributed by atoms with Crippen LogP contribution < -0.4 is 4.74 Å². The van der Waals surface area contributed by atoms with Crippen molar-refractivity contribution in [2.45, 2.75) is 13.8 Å². The van der Waals surface area contributed by atoms with Gasteiger partial charge in [-0.25, -0.2) is 4.98 Å². The minimum Gasteiger partial charge on any atom is -0.496 e. The highest BCUT2D eigenvalue weighted by Gasteiger charge is 2.22. The Morgan fingerprint density at radius 1 is 1.13 bits per heavy atom. The van der Waals surface area contributed by atoms with Crippen LogP contribution in [0.2, 0.25) is 0 Å². The third-order valence-corrected chi connectivity index (χ3v) is 5.47. The van der Waals surface area contributed by atoms with Crippen LogP contribution in [-0.2, 0) is 7.05 Å². The van der Waals surface area contributed by atoms with Crippen molar-refractivity contribution in [1.82, 2.24) is 24.7 Å². The number of ether oxygens (including phenoxy) is 1. The maximum absolute atomic E-state index is 13.0. The van der Waals surface area contributed by atoms with Crippen LogP contribution in [0.5, 0.6) is 5.75 Å². The summed E-state index contributed by atoms with van der Waals surface area (Å²) in [6, 6.07) is 7.24. The van der Waals surface area contributed by atoms with Gasteiger partial charge < -0.3 is 13.8 Å². The van der Waals surface area contributed by atoms with E-state index in [0.717, 1.165) is 33.2 Å². The molecule has 0 amide bonds. The first-order valence-electron chi connectivity index (χ1n) is 9.70. The molecule has 8 nitrogen and oxygen atoms in total. The number of aromatic nitrogens is 5. The first-order valence-corrected chi connectivity index (χ1v) is 9.70. The largest absolute Gasteiger partial charge is 0.496 e. The molecule has 1 aromatic carbocycles. The monoisotopic (exact) mass is 413 g/mol. The fraction of sp³-hybridized carbons (Fsp3) is 0.174. The molecule has 0 atom stereocenters. The first-order chi connectivity index (χ1) is 15.0. The van der Waals surface area contributed by atoms with E-state index in [1.165, 1.54) is 0 Å². The van der Waals surface area contributed by atoms with Crippen LogP contribution in [0.1, 0.15) is 27.6 Å². The maximum atomic E-state index is 13.0. The van der Waals surface area contributed by atoms with Crippen LogP contribution in [0.4, 0.5) is 0 Å². The minimum absolute atomic E-state index is 0.173. The number of pyridine rings is 2. The molecular weight excluding hydrogens is 394 g/mol. The Labute approximate surface area is 177 Å². The highest BCUT2D eigenvalue weighted by atomic mass is 16.5. The third-order valence-electron chi connectivity index (χ3n) is 5.47. The summed E-state index contributed by atoms with van der Waals surface area (Å²) in [5, 5.41) is 4.90. The number of carbonyl (C=O) groups is 1. The Hall–Kier alpha value is -4.07. The molecule has 0 radical (unpaired) electrons. The SMILES string of the molecule is COc1cc2c(cc1-c1c(C)noc1C)ncc1nc(C(=O)c3ccncc3)n(C)c12. The van der Waals surface area contributed by atoms with Crippen molar-refractivity contribution in [2.75, 3.05) is 7.11 Å². The quantitative estimate of drug-likeness (QED) is 0.411. The van der Waals surface area contributed by atoms with Crippen molar-refractivity contribution < 1.29 is 14.1 Å². The molecule has 4 aromatic heterocycles. The standard InChI is InChI=1S/C23H19N5O3/c1-12-20(13(2)31-27-12)16-9-17-15(10-19(16)30-4)21-18(11-25-17)26-23(28(21)3)22(29)14-5-7-24-8-6-14/h5-11H,1-4H3. The summed E-state index contributed by atoms with van der Waals surface area (Å²) in [6.45, 7) is 3.76. The van der Waals surface area contributed by atoms with E-state index in [4.69, 9.17) is 9.26 Å². The van der Waals surface area contributed by atoms with Crippen LogP contribution >= 0.6 is 0 Å². The summed E-state index contributed by atoms with van der Waals surface area (Å²) >= 11 is 0. The van der Waals surface area contributed by atoms with Gasteiger partial charge in [0.2, 0.25) is 5.78 Å². The molecule has 0 fully saturated rings. The molecule has 0 bridgehead atoms. The van der Waals surface area contributed by atoms with Crippen molar-refractivity contribution in [1.29, 1.82) is 0 Å². The number of imidazole rings is 1. The number of benzene rings is 1. The number of ketones is 1. The van der Waals surface area contributed by atoms with Crippen molar-refractivity contribution >= 4 is 27.7 Å². The van der Waals surface area contributed by atoms with Gasteiger partial charge in [0.25, 0.3) is 0 Å². The zero-order chi connectivity index (χ0) is 21.7. The fourth-order valence-electron chi connectivity index (χ4n) is 3.99. The van der Waals surface area contributed by atoms with Gasteiger partial charge in [-0.05, 0) is 38.1 Å². The fourth-order valence-corrected chi connectivity index (χ4v) is 3.99. The zero-order valence-electron chi connectivity index (χ0n) is 17.5. The van der Waals surface area contributed by atoms with Gasteiger partial charge in [-0.15, -0.1) is 0 Å². The van der Waals surface area contributed by atoms with Gasteiger partial charge in [0.15, 0.2) is 5.82 Å². The number of methoxy groups -OCH3 is 1. The Balaban J connectivity index is 1.75. The molecule has 0 saturated heterocycles. The molecule has 8 heteroatoms. The van der Waals surface area contributed by atoms with Crippen LogP contribution in [0, 0.1) is 13.8 Å². The van der Waals surface area contributed by atoms with Gasteiger partial charge in [-0.1, -0.05) is 5.16 Å². The lowest BCUT2D eigenvalue weighted by Gasteiger charge is -2.11. The number of carbonyl (C=O) groups excluding carboxylic acids is 1. The number of nitrogens with zero attached hydrogens (tertiary/aromatic N) is 5. The van der Waals surface area contributed by atoms with E-state index in [-0.39, 0.29) is 5.78 Å². The lowest BCUT2D eigenvalue weighted by atomic mass is 10.0. The normalized spacial score (nSPS) is 11.4. The van der Waals surface area contributed by atoms with Crippen molar-refractivity contribution in [2.24, 2.45) is 7.05 Å². The molecule has 0 spiro atoms. The molecule has 5 aromatic rings. The lowest BCUT2D eigenvalue weighted by molar-refractivity contribution is 0.102. The molecule has 4 heterocycles. The lowest BCUT2D eigenvalue weighted by Crippen LogP contribution is -2.09. The predicted molar refractivity (Wildman–Crippen MR) is 115 cm³/mol. The van der Waals surface area contributed by atoms with E-state index < -0.39 is 0 Å². The van der Waals surface area contributed by atoms with E-state index in [2.05, 4.69) is 20.1 Å². The van der Waals surface area contributed by atoms with Crippen LogP contribution in [0.15, 0.2) is 47.4 Å². The second-order valence-electron chi connectivity index (χ2n) is 7.32. The molecule has 5 rings (SSSR count). The first kappa shape index (κ1) is 18.9. The number of fused-ring (bicyclic) bond motifs is 3. The van der Waals surface area contributed by atoms with Crippen LogP contribution in [0.3, 0.4) is 0 Å². The Kier molecular flexibility index (Phi) is 4.28. The zero-order valence-corrected chi connectivity index (χ0v) is 17.5. The highest BCUT2D eigenvalue weighted by Crippen LogP contribution is 2.38. The summed E-state index contributed by atoms with van der Waals surface area (Å²) in [6.07, 6.45) is 4.87. The summed E-state index contributed by atoms with van der Waals surface area (Å²) in [5.41, 5.74) is 5.26. The summed E-state index contributed by atoms with van der Waals surface area (Å²) in [4.78, 5) is 26.1. The van der Waals surface area contributed by atoms with Gasteiger partial charge in [0.1, 0.15) is 17.0 Å². The van der Waals surface area contributed by atoms with E-state index in [0.29, 0.717) is 28.4 Å². The average molecular weight is 413 g/mol. The number of rotatable bonds is 4.